The molecule has 1 aromatic heterocycles. The Balaban J connectivity index is 1.96. The molecule has 0 aliphatic carbocycles. The normalized spacial score (nSPS) is 26.6. The Bertz CT molecular complexity index is 337. The lowest BCUT2D eigenvalue weighted by molar-refractivity contribution is 0.206. The maximum absolute atomic E-state index is 5.55. The van der Waals surface area contributed by atoms with Gasteiger partial charge >= 0.3 is 0 Å². The van der Waals surface area contributed by atoms with E-state index in [2.05, 4.69) is 34.2 Å². The van der Waals surface area contributed by atoms with Crippen LogP contribution in [0.1, 0.15) is 13.3 Å². The van der Waals surface area contributed by atoms with Crippen LogP contribution >= 0.6 is 0 Å². The minimum atomic E-state index is 0.458. The second-order valence-electron chi connectivity index (χ2n) is 4.62. The molecule has 88 valence electrons. The van der Waals surface area contributed by atoms with E-state index in [4.69, 9.17) is 5.73 Å². The minimum absolute atomic E-state index is 0.458. The predicted molar refractivity (Wildman–Crippen MR) is 65.1 cm³/mol. The predicted octanol–water partition coefficient (Wildman–Crippen LogP) is 0.811. The fourth-order valence-electron chi connectivity index (χ4n) is 2.15. The van der Waals surface area contributed by atoms with Crippen LogP contribution in [0.25, 0.3) is 0 Å². The van der Waals surface area contributed by atoms with Gasteiger partial charge in [-0.25, -0.2) is 9.97 Å². The van der Waals surface area contributed by atoms with Gasteiger partial charge in [0, 0.05) is 12.6 Å². The molecule has 1 saturated heterocycles. The van der Waals surface area contributed by atoms with Crippen molar-refractivity contribution in [2.24, 2.45) is 5.92 Å². The Kier molecular flexibility index (Phi) is 3.24. The molecule has 1 aliphatic rings. The molecular formula is C11H19N5. The molecule has 1 fully saturated rings. The number of aromatic nitrogens is 2. The smallest absolute Gasteiger partial charge is 0.222 e. The van der Waals surface area contributed by atoms with Crippen molar-refractivity contribution in [2.75, 3.05) is 31.2 Å². The minimum Gasteiger partial charge on any atom is -0.396 e. The van der Waals surface area contributed by atoms with E-state index >= 15 is 0 Å². The van der Waals surface area contributed by atoms with Crippen LogP contribution in [0.2, 0.25) is 0 Å². The van der Waals surface area contributed by atoms with Gasteiger partial charge in [-0.15, -0.1) is 0 Å². The molecular weight excluding hydrogens is 202 g/mol. The van der Waals surface area contributed by atoms with Gasteiger partial charge in [-0.3, -0.25) is 0 Å². The summed E-state index contributed by atoms with van der Waals surface area (Å²) in [5.41, 5.74) is 6.14. The number of anilines is 2. The molecule has 2 atom stereocenters. The Hall–Kier alpha value is -1.36. The zero-order valence-electron chi connectivity index (χ0n) is 9.85. The van der Waals surface area contributed by atoms with Crippen LogP contribution in [0.4, 0.5) is 11.6 Å². The number of piperidine rings is 1. The Labute approximate surface area is 96.1 Å². The van der Waals surface area contributed by atoms with Gasteiger partial charge in [0.15, 0.2) is 0 Å². The third-order valence-electron chi connectivity index (χ3n) is 3.09. The van der Waals surface area contributed by atoms with Gasteiger partial charge < -0.3 is 16.0 Å². The Morgan fingerprint density at radius 1 is 1.44 bits per heavy atom. The van der Waals surface area contributed by atoms with Crippen molar-refractivity contribution < 1.29 is 0 Å². The molecule has 3 N–H and O–H groups in total. The highest BCUT2D eigenvalue weighted by Crippen LogP contribution is 2.18. The standard InChI is InChI=1S/C11H19N5/c1-8-7-16(2)4-3-10(8)15-11-13-5-9(12)6-14-11/h5-6,8,10H,3-4,7,12H2,1-2H3,(H,13,14,15). The van der Waals surface area contributed by atoms with Crippen LogP contribution in [-0.2, 0) is 0 Å². The molecule has 2 unspecified atom stereocenters. The molecule has 0 spiro atoms. The SMILES string of the molecule is CC1CN(C)CCC1Nc1ncc(N)cn1. The van der Waals surface area contributed by atoms with Crippen LogP contribution in [0.15, 0.2) is 12.4 Å². The first kappa shape index (κ1) is 11.1. The molecule has 0 saturated carbocycles. The van der Waals surface area contributed by atoms with Crippen molar-refractivity contribution in [3.63, 3.8) is 0 Å². The maximum atomic E-state index is 5.55. The molecule has 2 heterocycles. The molecule has 16 heavy (non-hydrogen) atoms. The molecule has 0 radical (unpaired) electrons. The zero-order chi connectivity index (χ0) is 11.5. The number of nitrogens with two attached hydrogens (primary N) is 1. The number of nitrogens with zero attached hydrogens (tertiary/aromatic N) is 3. The first-order valence-electron chi connectivity index (χ1n) is 5.68. The van der Waals surface area contributed by atoms with Gasteiger partial charge in [0.05, 0.1) is 18.1 Å². The van der Waals surface area contributed by atoms with Crippen molar-refractivity contribution in [1.29, 1.82) is 0 Å². The van der Waals surface area contributed by atoms with Gasteiger partial charge in [-0.05, 0) is 25.9 Å². The van der Waals surface area contributed by atoms with Crippen LogP contribution in [0.5, 0.6) is 0 Å². The first-order valence-corrected chi connectivity index (χ1v) is 5.68. The van der Waals surface area contributed by atoms with Crippen molar-refractivity contribution in [3.05, 3.63) is 12.4 Å². The van der Waals surface area contributed by atoms with Crippen LogP contribution in [0.3, 0.4) is 0 Å². The number of nitrogens with one attached hydrogen (secondary N) is 1. The fraction of sp³-hybridized carbons (Fsp3) is 0.636. The summed E-state index contributed by atoms with van der Waals surface area (Å²) < 4.78 is 0. The first-order chi connectivity index (χ1) is 7.65. The van der Waals surface area contributed by atoms with E-state index in [0.29, 0.717) is 23.6 Å². The summed E-state index contributed by atoms with van der Waals surface area (Å²) in [4.78, 5) is 10.7. The van der Waals surface area contributed by atoms with E-state index in [1.165, 1.54) is 0 Å². The lowest BCUT2D eigenvalue weighted by Gasteiger charge is -2.35. The molecule has 0 aromatic carbocycles. The number of nitrogen functional groups attached to an aromatic ring is 1. The third kappa shape index (κ3) is 2.61. The van der Waals surface area contributed by atoms with E-state index in [1.54, 1.807) is 12.4 Å². The average Bonchev–Trinajstić information content (AvgIpc) is 2.25. The van der Waals surface area contributed by atoms with Gasteiger partial charge in [-0.1, -0.05) is 6.92 Å². The summed E-state index contributed by atoms with van der Waals surface area (Å²) in [5, 5.41) is 3.37. The second-order valence-corrected chi connectivity index (χ2v) is 4.62. The summed E-state index contributed by atoms with van der Waals surface area (Å²) >= 11 is 0. The highest BCUT2D eigenvalue weighted by molar-refractivity contribution is 5.36. The van der Waals surface area contributed by atoms with Crippen molar-refractivity contribution in [1.82, 2.24) is 14.9 Å². The number of likely N-dealkylation sites (tertiary alicyclic amines) is 1. The number of hydrogen-bond donors (Lipinski definition) is 2. The van der Waals surface area contributed by atoms with E-state index in [9.17, 15) is 0 Å². The monoisotopic (exact) mass is 221 g/mol. The number of hydrogen-bond acceptors (Lipinski definition) is 5. The Morgan fingerprint density at radius 2 is 2.12 bits per heavy atom. The summed E-state index contributed by atoms with van der Waals surface area (Å²) in [5.74, 6) is 1.29. The molecule has 2 rings (SSSR count). The van der Waals surface area contributed by atoms with Crippen LogP contribution in [-0.4, -0.2) is 41.0 Å². The lowest BCUT2D eigenvalue weighted by Crippen LogP contribution is -2.43. The van der Waals surface area contributed by atoms with Crippen molar-refractivity contribution in [3.8, 4) is 0 Å². The van der Waals surface area contributed by atoms with Crippen molar-refractivity contribution >= 4 is 11.6 Å². The zero-order valence-corrected chi connectivity index (χ0v) is 9.85. The van der Waals surface area contributed by atoms with Crippen LogP contribution < -0.4 is 11.1 Å². The molecule has 5 heteroatoms. The van der Waals surface area contributed by atoms with Gasteiger partial charge in [0.2, 0.25) is 5.95 Å². The summed E-state index contributed by atoms with van der Waals surface area (Å²) in [6, 6.07) is 0.458. The highest BCUT2D eigenvalue weighted by atomic mass is 15.2. The maximum Gasteiger partial charge on any atom is 0.222 e. The summed E-state index contributed by atoms with van der Waals surface area (Å²) in [6.07, 6.45) is 4.40. The second kappa shape index (κ2) is 4.65. The van der Waals surface area contributed by atoms with Gasteiger partial charge in [0.1, 0.15) is 0 Å². The summed E-state index contributed by atoms with van der Waals surface area (Å²) in [7, 11) is 2.16. The van der Waals surface area contributed by atoms with E-state index in [1.807, 2.05) is 0 Å². The number of rotatable bonds is 2. The quantitative estimate of drug-likeness (QED) is 0.773. The average molecular weight is 221 g/mol. The molecule has 1 aromatic rings. The van der Waals surface area contributed by atoms with E-state index in [0.717, 1.165) is 19.5 Å². The molecule has 0 amide bonds. The van der Waals surface area contributed by atoms with Gasteiger partial charge in [-0.2, -0.15) is 0 Å². The summed E-state index contributed by atoms with van der Waals surface area (Å²) in [6.45, 7) is 4.49. The Morgan fingerprint density at radius 3 is 2.75 bits per heavy atom. The topological polar surface area (TPSA) is 67.1 Å². The largest absolute Gasteiger partial charge is 0.396 e. The lowest BCUT2D eigenvalue weighted by atomic mass is 9.94. The van der Waals surface area contributed by atoms with Crippen molar-refractivity contribution in [2.45, 2.75) is 19.4 Å². The van der Waals surface area contributed by atoms with Crippen LogP contribution in [0, 0.1) is 5.92 Å². The van der Waals surface area contributed by atoms with Gasteiger partial charge in [0.25, 0.3) is 0 Å². The van der Waals surface area contributed by atoms with E-state index in [-0.39, 0.29) is 0 Å². The van der Waals surface area contributed by atoms with E-state index < -0.39 is 0 Å². The third-order valence-corrected chi connectivity index (χ3v) is 3.09. The molecule has 1 aliphatic heterocycles. The highest BCUT2D eigenvalue weighted by Gasteiger charge is 2.24. The molecule has 5 nitrogen and oxygen atoms in total. The fourth-order valence-corrected chi connectivity index (χ4v) is 2.15. The molecule has 0 bridgehead atoms.